The van der Waals surface area contributed by atoms with Gasteiger partial charge in [0.15, 0.2) is 9.84 Å². The quantitative estimate of drug-likeness (QED) is 0.539. The normalized spacial score (nSPS) is 16.3. The first-order valence-electron chi connectivity index (χ1n) is 9.05. The number of nitro benzene ring substituents is 1. The van der Waals surface area contributed by atoms with Crippen molar-refractivity contribution < 1.29 is 22.5 Å². The van der Waals surface area contributed by atoms with Gasteiger partial charge in [0, 0.05) is 32.0 Å². The summed E-state index contributed by atoms with van der Waals surface area (Å²) in [6, 6.07) is 9.78. The molecule has 1 saturated heterocycles. The van der Waals surface area contributed by atoms with Crippen LogP contribution in [0.25, 0.3) is 0 Å². The van der Waals surface area contributed by atoms with Crippen LogP contribution in [0.4, 0.5) is 15.8 Å². The zero-order valence-corrected chi connectivity index (χ0v) is 16.7. The number of hydrogen-bond donors (Lipinski definition) is 1. The van der Waals surface area contributed by atoms with E-state index in [1.165, 1.54) is 24.3 Å². The number of halogens is 1. The van der Waals surface area contributed by atoms with Crippen molar-refractivity contribution in [3.8, 4) is 0 Å². The highest BCUT2D eigenvalue weighted by molar-refractivity contribution is 7.90. The minimum atomic E-state index is -3.56. The molecule has 0 saturated carbocycles. The lowest BCUT2D eigenvalue weighted by atomic mass is 10.0. The van der Waals surface area contributed by atoms with E-state index in [1.807, 2.05) is 0 Å². The van der Waals surface area contributed by atoms with Crippen molar-refractivity contribution in [1.82, 2.24) is 4.90 Å². The van der Waals surface area contributed by atoms with Crippen molar-refractivity contribution in [3.63, 3.8) is 0 Å². The summed E-state index contributed by atoms with van der Waals surface area (Å²) >= 11 is 0. The van der Waals surface area contributed by atoms with E-state index < -0.39 is 14.8 Å². The summed E-state index contributed by atoms with van der Waals surface area (Å²) in [6.07, 6.45) is 1.00. The monoisotopic (exact) mass is 423 g/mol. The topological polar surface area (TPSA) is 102 Å². The molecule has 0 spiro atoms. The van der Waals surface area contributed by atoms with Crippen molar-refractivity contribution in [2.45, 2.75) is 10.9 Å². The zero-order valence-electron chi connectivity index (χ0n) is 15.9. The number of ether oxygens (including phenoxy) is 1. The summed E-state index contributed by atoms with van der Waals surface area (Å²) in [5.74, 6) is -0.338. The van der Waals surface area contributed by atoms with Crippen LogP contribution in [-0.4, -0.2) is 57.3 Å². The van der Waals surface area contributed by atoms with Gasteiger partial charge in [-0.2, -0.15) is 0 Å². The maximum absolute atomic E-state index is 13.3. The van der Waals surface area contributed by atoms with E-state index >= 15 is 0 Å². The molecule has 0 aliphatic carbocycles. The molecule has 2 aromatic rings. The third kappa shape index (κ3) is 5.28. The molecular formula is C19H22FN3O5S. The highest BCUT2D eigenvalue weighted by Crippen LogP contribution is 2.29. The molecule has 10 heteroatoms. The highest BCUT2D eigenvalue weighted by Gasteiger charge is 2.24. The molecule has 1 unspecified atom stereocenters. The second-order valence-electron chi connectivity index (χ2n) is 6.80. The number of nitro groups is 1. The zero-order chi connectivity index (χ0) is 21.0. The van der Waals surface area contributed by atoms with Crippen molar-refractivity contribution in [1.29, 1.82) is 0 Å². The Morgan fingerprint density at radius 2 is 1.86 bits per heavy atom. The fourth-order valence-electron chi connectivity index (χ4n) is 3.28. The van der Waals surface area contributed by atoms with Crippen LogP contribution in [0, 0.1) is 15.9 Å². The van der Waals surface area contributed by atoms with Gasteiger partial charge in [-0.25, -0.2) is 12.8 Å². The fraction of sp³-hybridized carbons (Fsp3) is 0.368. The first-order chi connectivity index (χ1) is 13.8. The van der Waals surface area contributed by atoms with Gasteiger partial charge < -0.3 is 10.1 Å². The molecule has 156 valence electrons. The number of hydrogen-bond acceptors (Lipinski definition) is 7. The highest BCUT2D eigenvalue weighted by atomic mass is 32.2. The summed E-state index contributed by atoms with van der Waals surface area (Å²) in [7, 11) is -3.56. The molecular weight excluding hydrogens is 401 g/mol. The smallest absolute Gasteiger partial charge is 0.293 e. The number of nitrogens with zero attached hydrogens (tertiary/aromatic N) is 2. The molecule has 3 rings (SSSR count). The van der Waals surface area contributed by atoms with Gasteiger partial charge in [0.05, 0.1) is 29.1 Å². The summed E-state index contributed by atoms with van der Waals surface area (Å²) in [5.41, 5.74) is 0.784. The molecule has 1 atom stereocenters. The lowest BCUT2D eigenvalue weighted by Crippen LogP contribution is -2.41. The Labute approximate surface area is 168 Å². The summed E-state index contributed by atoms with van der Waals surface area (Å²) in [5, 5.41) is 14.5. The molecule has 2 aromatic carbocycles. The molecule has 0 bridgehead atoms. The standard InChI is InChI=1S/C19H22FN3O5S/c1-29(26,27)16-6-7-17(18(12-16)23(24)25)21-13-19(22-8-10-28-11-9-22)14-2-4-15(20)5-3-14/h2-7,12,19,21H,8-11,13H2,1H3. The predicted molar refractivity (Wildman–Crippen MR) is 106 cm³/mol. The molecule has 8 nitrogen and oxygen atoms in total. The Kier molecular flexibility index (Phi) is 6.46. The van der Waals surface area contributed by atoms with E-state index in [-0.39, 0.29) is 28.1 Å². The molecule has 1 aliphatic rings. The molecule has 1 N–H and O–H groups in total. The third-order valence-electron chi connectivity index (χ3n) is 4.82. The Hall–Kier alpha value is -2.56. The Balaban J connectivity index is 1.87. The third-order valence-corrected chi connectivity index (χ3v) is 5.93. The number of benzene rings is 2. The molecule has 1 aliphatic heterocycles. The predicted octanol–water partition coefficient (Wildman–Crippen LogP) is 2.62. The minimum Gasteiger partial charge on any atom is -0.379 e. The van der Waals surface area contributed by atoms with Crippen LogP contribution in [-0.2, 0) is 14.6 Å². The molecule has 29 heavy (non-hydrogen) atoms. The molecule has 0 radical (unpaired) electrons. The maximum atomic E-state index is 13.3. The van der Waals surface area contributed by atoms with E-state index in [1.54, 1.807) is 12.1 Å². The van der Waals surface area contributed by atoms with Gasteiger partial charge in [0.1, 0.15) is 11.5 Å². The van der Waals surface area contributed by atoms with E-state index in [9.17, 15) is 22.9 Å². The lowest BCUT2D eigenvalue weighted by Gasteiger charge is -2.35. The van der Waals surface area contributed by atoms with Crippen LogP contribution in [0.3, 0.4) is 0 Å². The second-order valence-corrected chi connectivity index (χ2v) is 8.82. The summed E-state index contributed by atoms with van der Waals surface area (Å²) in [4.78, 5) is 12.9. The average Bonchev–Trinajstić information content (AvgIpc) is 2.69. The van der Waals surface area contributed by atoms with Crippen LogP contribution >= 0.6 is 0 Å². The number of nitrogens with one attached hydrogen (secondary N) is 1. The van der Waals surface area contributed by atoms with Crippen LogP contribution in [0.5, 0.6) is 0 Å². The number of morpholine rings is 1. The summed E-state index contributed by atoms with van der Waals surface area (Å²) < 4.78 is 42.2. The first-order valence-corrected chi connectivity index (χ1v) is 10.9. The van der Waals surface area contributed by atoms with E-state index in [2.05, 4.69) is 10.2 Å². The minimum absolute atomic E-state index is 0.113. The number of rotatable bonds is 7. The van der Waals surface area contributed by atoms with Gasteiger partial charge in [-0.3, -0.25) is 15.0 Å². The van der Waals surface area contributed by atoms with Gasteiger partial charge in [0.25, 0.3) is 5.69 Å². The van der Waals surface area contributed by atoms with E-state index in [0.717, 1.165) is 17.9 Å². The Bertz CT molecular complexity index is 976. The Morgan fingerprint density at radius 3 is 2.45 bits per heavy atom. The van der Waals surface area contributed by atoms with Gasteiger partial charge in [-0.15, -0.1) is 0 Å². The van der Waals surface area contributed by atoms with Crippen LogP contribution in [0.15, 0.2) is 47.4 Å². The lowest BCUT2D eigenvalue weighted by molar-refractivity contribution is -0.384. The van der Waals surface area contributed by atoms with E-state index in [0.29, 0.717) is 32.8 Å². The van der Waals surface area contributed by atoms with Crippen LogP contribution in [0.1, 0.15) is 11.6 Å². The van der Waals surface area contributed by atoms with Gasteiger partial charge >= 0.3 is 0 Å². The number of sulfone groups is 1. The van der Waals surface area contributed by atoms with Gasteiger partial charge in [-0.1, -0.05) is 12.1 Å². The first kappa shape index (κ1) is 21.2. The second kappa shape index (κ2) is 8.85. The molecule has 0 amide bonds. The van der Waals surface area contributed by atoms with Crippen LogP contribution < -0.4 is 5.32 Å². The van der Waals surface area contributed by atoms with Crippen LogP contribution in [0.2, 0.25) is 0 Å². The average molecular weight is 423 g/mol. The maximum Gasteiger partial charge on any atom is 0.293 e. The molecule has 0 aromatic heterocycles. The largest absolute Gasteiger partial charge is 0.379 e. The molecule has 1 fully saturated rings. The molecule has 1 heterocycles. The fourth-order valence-corrected chi connectivity index (χ4v) is 3.92. The van der Waals surface area contributed by atoms with Crippen molar-refractivity contribution in [2.24, 2.45) is 0 Å². The van der Waals surface area contributed by atoms with Crippen molar-refractivity contribution in [3.05, 3.63) is 64.0 Å². The summed E-state index contributed by atoms with van der Waals surface area (Å²) in [6.45, 7) is 2.82. The van der Waals surface area contributed by atoms with Gasteiger partial charge in [0.2, 0.25) is 0 Å². The number of anilines is 1. The van der Waals surface area contributed by atoms with Crippen molar-refractivity contribution >= 4 is 21.2 Å². The van der Waals surface area contributed by atoms with Crippen molar-refractivity contribution in [2.75, 3.05) is 44.4 Å². The van der Waals surface area contributed by atoms with Gasteiger partial charge in [-0.05, 0) is 29.8 Å². The Morgan fingerprint density at radius 1 is 1.21 bits per heavy atom. The van der Waals surface area contributed by atoms with E-state index in [4.69, 9.17) is 4.74 Å². The SMILES string of the molecule is CS(=O)(=O)c1ccc(NCC(c2ccc(F)cc2)N2CCOCC2)c([N+](=O)[O-])c1.